The number of rotatable bonds is 5. The Hall–Kier alpha value is -2.59. The number of fused-ring (bicyclic) bond motifs is 2. The van der Waals surface area contributed by atoms with Crippen LogP contribution < -0.4 is 16.2 Å². The molecule has 3 aromatic rings. The first kappa shape index (κ1) is 21.3. The predicted molar refractivity (Wildman–Crippen MR) is 122 cm³/mol. The average molecular weight is 456 g/mol. The minimum Gasteiger partial charge on any atom is -0.497 e. The Bertz CT molecular complexity index is 1200. The van der Waals surface area contributed by atoms with Crippen molar-refractivity contribution in [3.05, 3.63) is 59.0 Å². The van der Waals surface area contributed by atoms with Gasteiger partial charge in [-0.3, -0.25) is 4.57 Å². The SMILES string of the molecule is COc1ccc(SC[C@H]2O[C@@H](n3c(=O)nc(N)c4ccccc43)[C@@H]3OC(C)(C)O[C@@H]32)cc1. The third-order valence-electron chi connectivity index (χ3n) is 5.72. The van der Waals surface area contributed by atoms with Crippen LogP contribution in [0.25, 0.3) is 10.9 Å². The van der Waals surface area contributed by atoms with Gasteiger partial charge in [-0.2, -0.15) is 4.98 Å². The van der Waals surface area contributed by atoms with Crippen molar-refractivity contribution in [3.8, 4) is 5.75 Å². The molecule has 2 N–H and O–H groups in total. The van der Waals surface area contributed by atoms with Crippen molar-refractivity contribution in [2.75, 3.05) is 18.6 Å². The van der Waals surface area contributed by atoms with Gasteiger partial charge in [-0.15, -0.1) is 11.8 Å². The van der Waals surface area contributed by atoms with Gasteiger partial charge in [0.1, 0.15) is 23.8 Å². The molecule has 0 saturated carbocycles. The molecule has 9 heteroatoms. The van der Waals surface area contributed by atoms with Crippen LogP contribution in [0.1, 0.15) is 20.1 Å². The van der Waals surface area contributed by atoms with Crippen molar-refractivity contribution in [1.82, 2.24) is 9.55 Å². The molecule has 2 fully saturated rings. The van der Waals surface area contributed by atoms with Gasteiger partial charge in [-0.05, 0) is 50.2 Å². The molecular weight excluding hydrogens is 430 g/mol. The van der Waals surface area contributed by atoms with Gasteiger partial charge in [0.2, 0.25) is 0 Å². The number of ether oxygens (including phenoxy) is 4. The molecule has 0 amide bonds. The van der Waals surface area contributed by atoms with Gasteiger partial charge in [0.25, 0.3) is 0 Å². The number of anilines is 1. The summed E-state index contributed by atoms with van der Waals surface area (Å²) in [4.78, 5) is 18.0. The topological polar surface area (TPSA) is 97.8 Å². The third kappa shape index (κ3) is 3.75. The second kappa shape index (κ2) is 8.08. The summed E-state index contributed by atoms with van der Waals surface area (Å²) in [6, 6.07) is 15.3. The van der Waals surface area contributed by atoms with Crippen LogP contribution in [0.2, 0.25) is 0 Å². The summed E-state index contributed by atoms with van der Waals surface area (Å²) >= 11 is 1.65. The van der Waals surface area contributed by atoms with E-state index in [9.17, 15) is 4.79 Å². The molecule has 1 aromatic heterocycles. The van der Waals surface area contributed by atoms with Crippen molar-refractivity contribution in [2.45, 2.75) is 49.1 Å². The van der Waals surface area contributed by atoms with Gasteiger partial charge in [0, 0.05) is 16.0 Å². The second-order valence-corrected chi connectivity index (χ2v) is 9.38. The number of nitrogens with zero attached hydrogens (tertiary/aromatic N) is 2. The third-order valence-corrected chi connectivity index (χ3v) is 6.82. The summed E-state index contributed by atoms with van der Waals surface area (Å²) in [6.45, 7) is 3.75. The molecule has 2 aliphatic rings. The minimum atomic E-state index is -0.777. The maximum absolute atomic E-state index is 12.9. The van der Waals surface area contributed by atoms with E-state index >= 15 is 0 Å². The van der Waals surface area contributed by atoms with Crippen molar-refractivity contribution >= 4 is 28.5 Å². The van der Waals surface area contributed by atoms with Crippen molar-refractivity contribution in [3.63, 3.8) is 0 Å². The number of hydrogen-bond acceptors (Lipinski definition) is 8. The van der Waals surface area contributed by atoms with E-state index in [0.29, 0.717) is 16.7 Å². The zero-order valence-corrected chi connectivity index (χ0v) is 18.9. The summed E-state index contributed by atoms with van der Waals surface area (Å²) in [5, 5.41) is 0.696. The number of thioether (sulfide) groups is 1. The van der Waals surface area contributed by atoms with E-state index in [-0.39, 0.29) is 18.0 Å². The van der Waals surface area contributed by atoms with Crippen LogP contribution >= 0.6 is 11.8 Å². The minimum absolute atomic E-state index is 0.201. The fourth-order valence-corrected chi connectivity index (χ4v) is 5.27. The second-order valence-electron chi connectivity index (χ2n) is 8.28. The summed E-state index contributed by atoms with van der Waals surface area (Å²) < 4.78 is 25.5. The molecule has 5 rings (SSSR count). The number of aromatic nitrogens is 2. The molecule has 168 valence electrons. The van der Waals surface area contributed by atoms with E-state index in [2.05, 4.69) is 4.98 Å². The monoisotopic (exact) mass is 455 g/mol. The van der Waals surface area contributed by atoms with Gasteiger partial charge >= 0.3 is 5.69 Å². The Morgan fingerprint density at radius 2 is 1.84 bits per heavy atom. The maximum Gasteiger partial charge on any atom is 0.352 e. The molecule has 0 bridgehead atoms. The number of nitrogen functional groups attached to an aromatic ring is 1. The molecule has 2 aromatic carbocycles. The van der Waals surface area contributed by atoms with E-state index in [1.807, 2.05) is 62.4 Å². The van der Waals surface area contributed by atoms with Crippen LogP contribution in [0.3, 0.4) is 0 Å². The zero-order valence-electron chi connectivity index (χ0n) is 18.1. The Morgan fingerprint density at radius 3 is 2.59 bits per heavy atom. The molecule has 8 nitrogen and oxygen atoms in total. The lowest BCUT2D eigenvalue weighted by Gasteiger charge is -2.25. The highest BCUT2D eigenvalue weighted by atomic mass is 32.2. The predicted octanol–water partition coefficient (Wildman–Crippen LogP) is 3.20. The Labute approximate surface area is 189 Å². The van der Waals surface area contributed by atoms with E-state index in [4.69, 9.17) is 24.7 Å². The van der Waals surface area contributed by atoms with Crippen molar-refractivity contribution < 1.29 is 18.9 Å². The Balaban J connectivity index is 1.47. The number of benzene rings is 2. The van der Waals surface area contributed by atoms with Gasteiger partial charge in [0.05, 0.1) is 18.7 Å². The highest BCUT2D eigenvalue weighted by molar-refractivity contribution is 7.99. The van der Waals surface area contributed by atoms with E-state index < -0.39 is 23.8 Å². The number of para-hydroxylation sites is 1. The van der Waals surface area contributed by atoms with Gasteiger partial charge in [-0.1, -0.05) is 12.1 Å². The quantitative estimate of drug-likeness (QED) is 0.586. The highest BCUT2D eigenvalue weighted by Crippen LogP contribution is 2.44. The fraction of sp³-hybridized carbons (Fsp3) is 0.391. The van der Waals surface area contributed by atoms with Crippen LogP contribution in [0.15, 0.2) is 58.2 Å². The van der Waals surface area contributed by atoms with Crippen LogP contribution in [0, 0.1) is 0 Å². The molecule has 32 heavy (non-hydrogen) atoms. The fourth-order valence-electron chi connectivity index (χ4n) is 4.32. The number of hydrogen-bond donors (Lipinski definition) is 1. The van der Waals surface area contributed by atoms with Gasteiger partial charge in [-0.25, -0.2) is 4.79 Å². The lowest BCUT2D eigenvalue weighted by molar-refractivity contribution is -0.194. The molecule has 2 aliphatic heterocycles. The number of nitrogens with two attached hydrogens (primary N) is 1. The van der Waals surface area contributed by atoms with Gasteiger partial charge < -0.3 is 24.7 Å². The molecular formula is C23H25N3O5S. The summed E-state index contributed by atoms with van der Waals surface area (Å²) in [6.07, 6.45) is -1.71. The standard InChI is InChI=1S/C23H25N3O5S/c1-23(2)30-18-17(12-32-14-10-8-13(28-3)9-11-14)29-21(19(18)31-23)26-16-7-5-4-6-15(16)20(24)25-22(26)27/h4-11,17-19,21H,12H2,1-3H3,(H2,24,25,27)/t17-,18-,19-,21-/m1/s1. The van der Waals surface area contributed by atoms with Crippen molar-refractivity contribution in [1.29, 1.82) is 0 Å². The normalized spacial score (nSPS) is 26.3. The highest BCUT2D eigenvalue weighted by Gasteiger charge is 2.56. The van der Waals surface area contributed by atoms with Crippen LogP contribution in [0.5, 0.6) is 5.75 Å². The van der Waals surface area contributed by atoms with E-state index in [1.165, 1.54) is 4.57 Å². The van der Waals surface area contributed by atoms with E-state index in [1.54, 1.807) is 18.9 Å². The summed E-state index contributed by atoms with van der Waals surface area (Å²) in [5.74, 6) is 0.870. The molecule has 0 radical (unpaired) electrons. The smallest absolute Gasteiger partial charge is 0.352 e. The Morgan fingerprint density at radius 1 is 1.12 bits per heavy atom. The summed E-state index contributed by atoms with van der Waals surface area (Å²) in [5.41, 5.74) is 6.19. The number of methoxy groups -OCH3 is 1. The average Bonchev–Trinajstić information content (AvgIpc) is 3.26. The largest absolute Gasteiger partial charge is 0.497 e. The van der Waals surface area contributed by atoms with Crippen molar-refractivity contribution in [2.24, 2.45) is 0 Å². The Kier molecular flexibility index (Phi) is 5.37. The molecule has 0 aliphatic carbocycles. The molecule has 2 saturated heterocycles. The molecule has 0 spiro atoms. The molecule has 4 atom stereocenters. The van der Waals surface area contributed by atoms with Crippen LogP contribution in [-0.2, 0) is 14.2 Å². The lowest BCUT2D eigenvalue weighted by Crippen LogP contribution is -2.35. The lowest BCUT2D eigenvalue weighted by atomic mass is 10.1. The van der Waals surface area contributed by atoms with Gasteiger partial charge in [0.15, 0.2) is 12.0 Å². The zero-order chi connectivity index (χ0) is 22.5. The summed E-state index contributed by atoms with van der Waals surface area (Å²) in [7, 11) is 1.64. The molecule has 3 heterocycles. The maximum atomic E-state index is 12.9. The molecule has 0 unspecified atom stereocenters. The first-order valence-corrected chi connectivity index (χ1v) is 11.4. The van der Waals surface area contributed by atoms with E-state index in [0.717, 1.165) is 10.6 Å². The first-order valence-electron chi connectivity index (χ1n) is 10.4. The van der Waals surface area contributed by atoms with Crippen LogP contribution in [-0.4, -0.2) is 46.5 Å². The van der Waals surface area contributed by atoms with Crippen LogP contribution in [0.4, 0.5) is 5.82 Å². The first-order chi connectivity index (χ1) is 15.4.